The molecule has 0 heterocycles. The van der Waals surface area contributed by atoms with Gasteiger partial charge in [0, 0.05) is 5.92 Å². The van der Waals surface area contributed by atoms with E-state index < -0.39 is 0 Å². The zero-order chi connectivity index (χ0) is 17.1. The molecule has 1 aliphatic carbocycles. The Morgan fingerprint density at radius 2 is 1.54 bits per heavy atom. The Labute approximate surface area is 141 Å². The normalized spacial score (nSPS) is 21.4. The van der Waals surface area contributed by atoms with Gasteiger partial charge in [-0.2, -0.15) is 0 Å². The molecule has 0 bridgehead atoms. The topological polar surface area (TPSA) is 66.0 Å². The van der Waals surface area contributed by atoms with Gasteiger partial charge in [0.05, 0.1) is 0 Å². The van der Waals surface area contributed by atoms with Crippen LogP contribution < -0.4 is 9.47 Å². The van der Waals surface area contributed by atoms with Crippen LogP contribution in [0, 0.1) is 29.0 Å². The van der Waals surface area contributed by atoms with Gasteiger partial charge in [0.2, 0.25) is 0 Å². The zero-order valence-electron chi connectivity index (χ0n) is 13.7. The van der Waals surface area contributed by atoms with Crippen molar-refractivity contribution in [2.75, 3.05) is 0 Å². The molecule has 0 unspecified atom stereocenters. The van der Waals surface area contributed by atoms with Gasteiger partial charge in [-0.3, -0.25) is 0 Å². The van der Waals surface area contributed by atoms with E-state index in [0.717, 1.165) is 6.42 Å². The summed E-state index contributed by atoms with van der Waals surface area (Å²) in [7, 11) is 0. The van der Waals surface area contributed by atoms with E-state index in [9.17, 15) is 0 Å². The third-order valence-corrected chi connectivity index (χ3v) is 4.96. The Kier molecular flexibility index (Phi) is 4.40. The molecule has 120 valence electrons. The summed E-state index contributed by atoms with van der Waals surface area (Å²) in [5, 5.41) is 17.4. The first-order valence-electron chi connectivity index (χ1n) is 8.05. The lowest BCUT2D eigenvalue weighted by atomic mass is 9.83. The number of rotatable bonds is 4. The first-order valence-corrected chi connectivity index (χ1v) is 8.05. The van der Waals surface area contributed by atoms with Gasteiger partial charge in [-0.05, 0) is 59.2 Å². The molecule has 0 saturated heterocycles. The number of ether oxygens (including phenoxy) is 2. The maximum Gasteiger partial charge on any atom is 0.292 e. The number of fused-ring (bicyclic) bond motifs is 1. The highest BCUT2D eigenvalue weighted by Crippen LogP contribution is 2.51. The molecule has 0 aromatic heterocycles. The lowest BCUT2D eigenvalue weighted by Gasteiger charge is -2.21. The summed E-state index contributed by atoms with van der Waals surface area (Å²) in [4.78, 5) is 0. The monoisotopic (exact) mass is 318 g/mol. The number of hydrogen-bond donors (Lipinski definition) is 0. The van der Waals surface area contributed by atoms with Gasteiger partial charge in [0.1, 0.15) is 11.5 Å². The van der Waals surface area contributed by atoms with Crippen molar-refractivity contribution in [1.29, 1.82) is 10.5 Å². The molecule has 24 heavy (non-hydrogen) atoms. The fourth-order valence-corrected chi connectivity index (χ4v) is 3.95. The maximum atomic E-state index is 8.77. The maximum absolute atomic E-state index is 8.77. The molecule has 0 aliphatic heterocycles. The second-order valence-electron chi connectivity index (χ2n) is 6.10. The van der Waals surface area contributed by atoms with Crippen LogP contribution in [-0.2, 0) is 0 Å². The highest BCUT2D eigenvalue weighted by molar-refractivity contribution is 5.50. The first-order chi connectivity index (χ1) is 11.7. The van der Waals surface area contributed by atoms with Crippen LogP contribution in [0.3, 0.4) is 0 Å². The van der Waals surface area contributed by atoms with Gasteiger partial charge in [-0.15, -0.1) is 10.5 Å². The SMILES string of the molecule is CC[C@H]1c2ccc(OC#N)cc2[C@@H](c2ccc(OC#N)cc2)[C@@H]1C. The van der Waals surface area contributed by atoms with Gasteiger partial charge < -0.3 is 9.47 Å². The molecule has 2 aromatic carbocycles. The van der Waals surface area contributed by atoms with Crippen LogP contribution in [0.15, 0.2) is 42.5 Å². The Bertz CT molecular complexity index is 815. The third-order valence-electron chi connectivity index (χ3n) is 4.96. The molecule has 4 heteroatoms. The Morgan fingerprint density at radius 1 is 0.917 bits per heavy atom. The molecule has 0 radical (unpaired) electrons. The summed E-state index contributed by atoms with van der Waals surface area (Å²) in [6, 6.07) is 13.6. The molecule has 2 aromatic rings. The van der Waals surface area contributed by atoms with Crippen molar-refractivity contribution in [2.45, 2.75) is 32.1 Å². The van der Waals surface area contributed by atoms with Crippen LogP contribution in [0.25, 0.3) is 0 Å². The fourth-order valence-electron chi connectivity index (χ4n) is 3.95. The molecule has 0 saturated carbocycles. The Morgan fingerprint density at radius 3 is 2.17 bits per heavy atom. The molecule has 3 rings (SSSR count). The van der Waals surface area contributed by atoms with Crippen LogP contribution in [0.1, 0.15) is 48.8 Å². The van der Waals surface area contributed by atoms with Crippen molar-refractivity contribution in [3.63, 3.8) is 0 Å². The molecule has 0 amide bonds. The van der Waals surface area contributed by atoms with E-state index in [-0.39, 0.29) is 5.92 Å². The quantitative estimate of drug-likeness (QED) is 0.768. The van der Waals surface area contributed by atoms with E-state index in [2.05, 4.69) is 19.9 Å². The zero-order valence-corrected chi connectivity index (χ0v) is 13.7. The highest BCUT2D eigenvalue weighted by Gasteiger charge is 2.37. The van der Waals surface area contributed by atoms with E-state index in [4.69, 9.17) is 20.0 Å². The average molecular weight is 318 g/mol. The summed E-state index contributed by atoms with van der Waals surface area (Å²) in [5.41, 5.74) is 3.73. The van der Waals surface area contributed by atoms with Crippen LogP contribution in [-0.4, -0.2) is 0 Å². The summed E-state index contributed by atoms with van der Waals surface area (Å²) in [6.45, 7) is 4.47. The van der Waals surface area contributed by atoms with Crippen molar-refractivity contribution in [3.05, 3.63) is 59.2 Å². The summed E-state index contributed by atoms with van der Waals surface area (Å²) < 4.78 is 9.88. The smallest absolute Gasteiger partial charge is 0.292 e. The van der Waals surface area contributed by atoms with E-state index in [1.54, 1.807) is 12.5 Å². The largest absolute Gasteiger partial charge is 0.388 e. The summed E-state index contributed by atoms with van der Waals surface area (Å²) >= 11 is 0. The molecule has 0 fully saturated rings. The number of benzene rings is 2. The van der Waals surface area contributed by atoms with Gasteiger partial charge in [0.15, 0.2) is 0 Å². The fraction of sp³-hybridized carbons (Fsp3) is 0.300. The van der Waals surface area contributed by atoms with Gasteiger partial charge in [0.25, 0.3) is 12.5 Å². The summed E-state index contributed by atoms with van der Waals surface area (Å²) in [6.07, 6.45) is 4.50. The van der Waals surface area contributed by atoms with Crippen molar-refractivity contribution in [1.82, 2.24) is 0 Å². The standard InChI is InChI=1S/C20H18N2O2/c1-3-17-13(2)20(14-4-6-15(7-5-14)23-11-21)19-10-16(24-12-22)8-9-18(17)19/h4-10,13,17,20H,3H2,1-2H3/t13-,17-,20-/m1/s1. The van der Waals surface area contributed by atoms with E-state index in [1.807, 2.05) is 36.4 Å². The molecular formula is C20H18N2O2. The molecule has 1 aliphatic rings. The van der Waals surface area contributed by atoms with Crippen molar-refractivity contribution in [2.24, 2.45) is 5.92 Å². The van der Waals surface area contributed by atoms with Gasteiger partial charge in [-0.1, -0.05) is 32.0 Å². The number of nitriles is 2. The predicted molar refractivity (Wildman–Crippen MR) is 89.4 cm³/mol. The Balaban J connectivity index is 2.04. The summed E-state index contributed by atoms with van der Waals surface area (Å²) in [5.74, 6) is 2.29. The highest BCUT2D eigenvalue weighted by atomic mass is 16.5. The van der Waals surface area contributed by atoms with E-state index in [0.29, 0.717) is 23.3 Å². The molecule has 4 nitrogen and oxygen atoms in total. The minimum Gasteiger partial charge on any atom is -0.388 e. The van der Waals surface area contributed by atoms with Crippen molar-refractivity contribution < 1.29 is 9.47 Å². The molecule has 0 spiro atoms. The lowest BCUT2D eigenvalue weighted by Crippen LogP contribution is -2.09. The molecule has 0 N–H and O–H groups in total. The Hall–Kier alpha value is -2.98. The lowest BCUT2D eigenvalue weighted by molar-refractivity contribution is 0.447. The minimum atomic E-state index is 0.239. The van der Waals surface area contributed by atoms with Crippen molar-refractivity contribution >= 4 is 0 Å². The van der Waals surface area contributed by atoms with Crippen molar-refractivity contribution in [3.8, 4) is 24.0 Å². The third kappa shape index (κ3) is 2.68. The number of nitrogens with zero attached hydrogens (tertiary/aromatic N) is 2. The van der Waals surface area contributed by atoms with Gasteiger partial charge in [-0.25, -0.2) is 0 Å². The predicted octanol–water partition coefficient (Wildman–Crippen LogP) is 4.68. The van der Waals surface area contributed by atoms with E-state index in [1.165, 1.54) is 16.7 Å². The molecule has 3 atom stereocenters. The van der Waals surface area contributed by atoms with Crippen LogP contribution >= 0.6 is 0 Å². The number of hydrogen-bond acceptors (Lipinski definition) is 4. The second kappa shape index (κ2) is 6.64. The van der Waals surface area contributed by atoms with Crippen LogP contribution in [0.5, 0.6) is 11.5 Å². The van der Waals surface area contributed by atoms with Crippen LogP contribution in [0.2, 0.25) is 0 Å². The van der Waals surface area contributed by atoms with Gasteiger partial charge >= 0.3 is 0 Å². The van der Waals surface area contributed by atoms with E-state index >= 15 is 0 Å². The average Bonchev–Trinajstić information content (AvgIpc) is 2.87. The molecular weight excluding hydrogens is 300 g/mol. The van der Waals surface area contributed by atoms with Crippen LogP contribution in [0.4, 0.5) is 0 Å². The minimum absolute atomic E-state index is 0.239. The first kappa shape index (κ1) is 15.9. The second-order valence-corrected chi connectivity index (χ2v) is 6.10.